The molecule has 0 aliphatic carbocycles. The first-order valence-electron chi connectivity index (χ1n) is 10.1. The van der Waals surface area contributed by atoms with Gasteiger partial charge in [0.25, 0.3) is 11.8 Å². The number of amides is 2. The lowest BCUT2D eigenvalue weighted by atomic mass is 9.90. The fourth-order valence-electron chi connectivity index (χ4n) is 3.98. The monoisotopic (exact) mass is 415 g/mol. The van der Waals surface area contributed by atoms with E-state index in [1.807, 2.05) is 54.6 Å². The number of imide groups is 1. The molecule has 2 amide bonds. The lowest BCUT2D eigenvalue weighted by Crippen LogP contribution is -2.40. The van der Waals surface area contributed by atoms with E-state index in [4.69, 9.17) is 4.74 Å². The minimum absolute atomic E-state index is 0.105. The Labute approximate surface area is 179 Å². The minimum Gasteiger partial charge on any atom is -0.465 e. The highest BCUT2D eigenvalue weighted by atomic mass is 16.5. The number of fused-ring (bicyclic) bond motifs is 2. The van der Waals surface area contributed by atoms with Gasteiger partial charge in [-0.1, -0.05) is 54.6 Å². The standard InChI is InChI=1S/C25H21NO5/c1-3-31-25(30)20(15(2)27)14-26-23(28)19-13-17-11-7-8-12-18(17)21(22(19)24(26)29)16-9-5-4-6-10-16/h4-13,20H,3,14H2,1-2H3. The van der Waals surface area contributed by atoms with Crippen LogP contribution in [0.5, 0.6) is 0 Å². The highest BCUT2D eigenvalue weighted by Gasteiger charge is 2.41. The van der Waals surface area contributed by atoms with Gasteiger partial charge in [-0.25, -0.2) is 0 Å². The van der Waals surface area contributed by atoms with Crippen LogP contribution >= 0.6 is 0 Å². The molecule has 0 saturated carbocycles. The Morgan fingerprint density at radius 3 is 2.29 bits per heavy atom. The molecule has 0 bridgehead atoms. The highest BCUT2D eigenvalue weighted by molar-refractivity contribution is 6.27. The van der Waals surface area contributed by atoms with E-state index < -0.39 is 29.5 Å². The lowest BCUT2D eigenvalue weighted by Gasteiger charge is -2.19. The number of ketones is 1. The fraction of sp³-hybridized carbons (Fsp3) is 0.200. The normalized spacial score (nSPS) is 13.9. The molecule has 0 aromatic heterocycles. The Kier molecular flexibility index (Phi) is 5.38. The first kappa shape index (κ1) is 20.5. The number of rotatable bonds is 6. The molecule has 156 valence electrons. The van der Waals surface area contributed by atoms with Gasteiger partial charge in [0.15, 0.2) is 0 Å². The molecule has 3 aromatic rings. The minimum atomic E-state index is -1.21. The summed E-state index contributed by atoms with van der Waals surface area (Å²) in [5, 5.41) is 1.68. The number of hydrogen-bond donors (Lipinski definition) is 0. The zero-order valence-corrected chi connectivity index (χ0v) is 17.3. The van der Waals surface area contributed by atoms with Gasteiger partial charge >= 0.3 is 5.97 Å². The van der Waals surface area contributed by atoms with E-state index >= 15 is 0 Å². The first-order valence-corrected chi connectivity index (χ1v) is 10.1. The van der Waals surface area contributed by atoms with Crippen molar-refractivity contribution in [1.29, 1.82) is 0 Å². The molecule has 1 atom stereocenters. The number of hydrogen-bond acceptors (Lipinski definition) is 5. The Morgan fingerprint density at radius 1 is 0.935 bits per heavy atom. The van der Waals surface area contributed by atoms with Crippen molar-refractivity contribution < 1.29 is 23.9 Å². The van der Waals surface area contributed by atoms with Crippen molar-refractivity contribution >= 4 is 34.3 Å². The van der Waals surface area contributed by atoms with Crippen molar-refractivity contribution in [1.82, 2.24) is 4.90 Å². The van der Waals surface area contributed by atoms with Crippen LogP contribution in [0, 0.1) is 5.92 Å². The predicted octanol–water partition coefficient (Wildman–Crippen LogP) is 3.87. The van der Waals surface area contributed by atoms with Crippen molar-refractivity contribution in [3.8, 4) is 11.1 Å². The maximum Gasteiger partial charge on any atom is 0.318 e. The predicted molar refractivity (Wildman–Crippen MR) is 116 cm³/mol. The van der Waals surface area contributed by atoms with Gasteiger partial charge in [0.2, 0.25) is 0 Å². The van der Waals surface area contributed by atoms with Crippen molar-refractivity contribution in [2.45, 2.75) is 13.8 Å². The molecule has 0 fully saturated rings. The third-order valence-electron chi connectivity index (χ3n) is 5.47. The molecular weight excluding hydrogens is 394 g/mol. The van der Waals surface area contributed by atoms with Crippen LogP contribution in [0.15, 0.2) is 60.7 Å². The maximum absolute atomic E-state index is 13.4. The van der Waals surface area contributed by atoms with Crippen molar-refractivity contribution in [3.63, 3.8) is 0 Å². The molecule has 1 heterocycles. The fourth-order valence-corrected chi connectivity index (χ4v) is 3.98. The third-order valence-corrected chi connectivity index (χ3v) is 5.47. The van der Waals surface area contributed by atoms with Crippen LogP contribution in [0.1, 0.15) is 34.6 Å². The summed E-state index contributed by atoms with van der Waals surface area (Å²) in [6.07, 6.45) is 0. The van der Waals surface area contributed by atoms with Crippen LogP contribution in [0.25, 0.3) is 21.9 Å². The van der Waals surface area contributed by atoms with Gasteiger partial charge < -0.3 is 4.74 Å². The molecule has 0 radical (unpaired) electrons. The van der Waals surface area contributed by atoms with Gasteiger partial charge in [0, 0.05) is 12.1 Å². The van der Waals surface area contributed by atoms with Gasteiger partial charge in [0.1, 0.15) is 11.7 Å². The van der Waals surface area contributed by atoms with E-state index in [2.05, 4.69) is 0 Å². The average Bonchev–Trinajstić information content (AvgIpc) is 3.00. The van der Waals surface area contributed by atoms with Gasteiger partial charge in [-0.2, -0.15) is 0 Å². The van der Waals surface area contributed by atoms with Gasteiger partial charge in [0.05, 0.1) is 17.7 Å². The zero-order valence-electron chi connectivity index (χ0n) is 17.3. The molecule has 6 heteroatoms. The van der Waals surface area contributed by atoms with Crippen LogP contribution in [0.4, 0.5) is 0 Å². The second-order valence-electron chi connectivity index (χ2n) is 7.40. The lowest BCUT2D eigenvalue weighted by molar-refractivity contribution is -0.151. The van der Waals surface area contributed by atoms with Crippen molar-refractivity contribution in [3.05, 3.63) is 71.8 Å². The second-order valence-corrected chi connectivity index (χ2v) is 7.40. The molecule has 0 N–H and O–H groups in total. The molecule has 31 heavy (non-hydrogen) atoms. The van der Waals surface area contributed by atoms with E-state index in [0.717, 1.165) is 21.2 Å². The summed E-state index contributed by atoms with van der Waals surface area (Å²) in [4.78, 5) is 51.9. The summed E-state index contributed by atoms with van der Waals surface area (Å²) in [5.41, 5.74) is 2.05. The molecular formula is C25H21NO5. The number of esters is 1. The van der Waals surface area contributed by atoms with Crippen LogP contribution in [0.3, 0.4) is 0 Å². The van der Waals surface area contributed by atoms with Crippen LogP contribution in [-0.2, 0) is 14.3 Å². The van der Waals surface area contributed by atoms with E-state index in [1.165, 1.54) is 6.92 Å². The Hall–Kier alpha value is -3.80. The zero-order chi connectivity index (χ0) is 22.1. The smallest absolute Gasteiger partial charge is 0.318 e. The number of carbonyl (C=O) groups is 4. The molecule has 0 saturated heterocycles. The van der Waals surface area contributed by atoms with Gasteiger partial charge in [-0.15, -0.1) is 0 Å². The number of ether oxygens (including phenoxy) is 1. The molecule has 0 spiro atoms. The van der Waals surface area contributed by atoms with E-state index in [9.17, 15) is 19.2 Å². The SMILES string of the molecule is CCOC(=O)C(CN1C(=O)c2cc3ccccc3c(-c3ccccc3)c2C1=O)C(C)=O. The average molecular weight is 415 g/mol. The van der Waals surface area contributed by atoms with E-state index in [1.54, 1.807) is 13.0 Å². The Bertz CT molecular complexity index is 1220. The first-order chi connectivity index (χ1) is 14.9. The third kappa shape index (κ3) is 3.50. The number of nitrogens with zero attached hydrogens (tertiary/aromatic N) is 1. The van der Waals surface area contributed by atoms with Gasteiger partial charge in [-0.05, 0) is 36.2 Å². The molecule has 1 unspecified atom stereocenters. The Balaban J connectivity index is 1.85. The summed E-state index contributed by atoms with van der Waals surface area (Å²) in [7, 11) is 0. The summed E-state index contributed by atoms with van der Waals surface area (Å²) in [6, 6.07) is 18.6. The summed E-state index contributed by atoms with van der Waals surface area (Å²) >= 11 is 0. The highest BCUT2D eigenvalue weighted by Crippen LogP contribution is 2.39. The molecule has 3 aromatic carbocycles. The quantitative estimate of drug-likeness (QED) is 0.347. The second kappa shape index (κ2) is 8.14. The Morgan fingerprint density at radius 2 is 1.61 bits per heavy atom. The maximum atomic E-state index is 13.4. The van der Waals surface area contributed by atoms with E-state index in [0.29, 0.717) is 11.1 Å². The molecule has 4 rings (SSSR count). The molecule has 6 nitrogen and oxygen atoms in total. The van der Waals surface area contributed by atoms with Gasteiger partial charge in [-0.3, -0.25) is 24.1 Å². The summed E-state index contributed by atoms with van der Waals surface area (Å²) in [5.74, 6) is -3.43. The number of benzene rings is 3. The number of Topliss-reactive ketones (excluding diaryl/α,β-unsaturated/α-hetero) is 1. The van der Waals surface area contributed by atoms with Crippen molar-refractivity contribution in [2.75, 3.05) is 13.2 Å². The van der Waals surface area contributed by atoms with Crippen molar-refractivity contribution in [2.24, 2.45) is 5.92 Å². The van der Waals surface area contributed by atoms with Crippen LogP contribution in [-0.4, -0.2) is 41.6 Å². The largest absolute Gasteiger partial charge is 0.465 e. The van der Waals surface area contributed by atoms with Crippen LogP contribution < -0.4 is 0 Å². The van der Waals surface area contributed by atoms with Crippen LogP contribution in [0.2, 0.25) is 0 Å². The number of carbonyl (C=O) groups excluding carboxylic acids is 4. The van der Waals surface area contributed by atoms with E-state index in [-0.39, 0.29) is 18.7 Å². The summed E-state index contributed by atoms with van der Waals surface area (Å²) in [6.45, 7) is 2.65. The summed E-state index contributed by atoms with van der Waals surface area (Å²) < 4.78 is 4.97. The molecule has 1 aliphatic rings. The topological polar surface area (TPSA) is 80.8 Å². The molecule has 1 aliphatic heterocycles.